The maximum Gasteiger partial charge on any atom is 0.123 e. The predicted molar refractivity (Wildman–Crippen MR) is 55.4 cm³/mol. The Morgan fingerprint density at radius 1 is 1.33 bits per heavy atom. The summed E-state index contributed by atoms with van der Waals surface area (Å²) in [5.74, 6) is 0.890. The number of hydrogen-bond donors (Lipinski definition) is 0. The van der Waals surface area contributed by atoms with Crippen LogP contribution < -0.4 is 4.74 Å². The van der Waals surface area contributed by atoms with Gasteiger partial charge in [-0.05, 0) is 24.3 Å². The van der Waals surface area contributed by atoms with Gasteiger partial charge in [0.25, 0.3) is 0 Å². The molecule has 1 saturated heterocycles. The van der Waals surface area contributed by atoms with Crippen molar-refractivity contribution in [3.63, 3.8) is 0 Å². The minimum Gasteiger partial charge on any atom is -0.490 e. The number of hydrogen-bond acceptors (Lipinski definition) is 2. The van der Waals surface area contributed by atoms with Gasteiger partial charge in [-0.15, -0.1) is 0 Å². The van der Waals surface area contributed by atoms with Crippen LogP contribution in [0.25, 0.3) is 0 Å². The van der Waals surface area contributed by atoms with Gasteiger partial charge in [0.05, 0.1) is 13.2 Å². The Balaban J connectivity index is 1.98. The minimum absolute atomic E-state index is 0.184. The van der Waals surface area contributed by atoms with Crippen LogP contribution in [0.5, 0.6) is 5.75 Å². The van der Waals surface area contributed by atoms with Crippen molar-refractivity contribution in [2.24, 2.45) is 5.92 Å². The average molecular weight is 210 g/mol. The van der Waals surface area contributed by atoms with E-state index in [1.165, 1.54) is 12.1 Å². The highest BCUT2D eigenvalue weighted by Gasteiger charge is 2.23. The summed E-state index contributed by atoms with van der Waals surface area (Å²) < 4.78 is 23.8. The Kier molecular flexibility index (Phi) is 3.21. The van der Waals surface area contributed by atoms with Crippen molar-refractivity contribution in [2.75, 3.05) is 13.2 Å². The van der Waals surface area contributed by atoms with Crippen molar-refractivity contribution >= 4 is 0 Å². The second-order valence-corrected chi connectivity index (χ2v) is 3.95. The second-order valence-electron chi connectivity index (χ2n) is 3.95. The summed E-state index contributed by atoms with van der Waals surface area (Å²) in [4.78, 5) is 0. The molecule has 15 heavy (non-hydrogen) atoms. The largest absolute Gasteiger partial charge is 0.490 e. The quantitative estimate of drug-likeness (QED) is 0.747. The number of rotatable bonds is 2. The Morgan fingerprint density at radius 3 is 2.73 bits per heavy atom. The molecular weight excluding hydrogens is 195 g/mol. The Morgan fingerprint density at radius 2 is 2.07 bits per heavy atom. The van der Waals surface area contributed by atoms with Crippen LogP contribution in [-0.4, -0.2) is 19.3 Å². The molecular formula is C12H15FO2. The van der Waals surface area contributed by atoms with Crippen molar-refractivity contribution < 1.29 is 13.9 Å². The molecule has 1 heterocycles. The van der Waals surface area contributed by atoms with E-state index in [1.807, 2.05) is 0 Å². The van der Waals surface area contributed by atoms with Crippen LogP contribution in [0.4, 0.5) is 4.39 Å². The first-order valence-corrected chi connectivity index (χ1v) is 5.25. The normalized spacial score (nSPS) is 26.3. The van der Waals surface area contributed by atoms with Crippen molar-refractivity contribution in [1.29, 1.82) is 0 Å². The van der Waals surface area contributed by atoms with Gasteiger partial charge < -0.3 is 9.47 Å². The summed E-state index contributed by atoms with van der Waals surface area (Å²) in [7, 11) is 0. The second kappa shape index (κ2) is 4.62. The van der Waals surface area contributed by atoms with Gasteiger partial charge in [0.15, 0.2) is 0 Å². The fourth-order valence-electron chi connectivity index (χ4n) is 1.72. The van der Waals surface area contributed by atoms with E-state index in [9.17, 15) is 4.39 Å². The Bertz CT molecular complexity index is 310. The van der Waals surface area contributed by atoms with Gasteiger partial charge in [-0.3, -0.25) is 0 Å². The van der Waals surface area contributed by atoms with Crippen molar-refractivity contribution in [3.05, 3.63) is 30.1 Å². The monoisotopic (exact) mass is 210 g/mol. The summed E-state index contributed by atoms with van der Waals surface area (Å²) in [5, 5.41) is 0. The zero-order valence-corrected chi connectivity index (χ0v) is 8.78. The predicted octanol–water partition coefficient (Wildman–Crippen LogP) is 2.63. The molecule has 0 N–H and O–H groups in total. The third kappa shape index (κ3) is 2.69. The lowest BCUT2D eigenvalue weighted by Crippen LogP contribution is -2.34. The summed E-state index contributed by atoms with van der Waals surface area (Å²) in [5.41, 5.74) is 0. The molecule has 1 aromatic rings. The zero-order valence-electron chi connectivity index (χ0n) is 8.78. The topological polar surface area (TPSA) is 18.5 Å². The minimum atomic E-state index is -0.234. The average Bonchev–Trinajstić information content (AvgIpc) is 2.25. The van der Waals surface area contributed by atoms with Gasteiger partial charge in [-0.2, -0.15) is 0 Å². The molecule has 0 aliphatic carbocycles. The lowest BCUT2D eigenvalue weighted by molar-refractivity contribution is -0.0164. The van der Waals surface area contributed by atoms with Gasteiger partial charge in [-0.25, -0.2) is 4.39 Å². The van der Waals surface area contributed by atoms with Gasteiger partial charge >= 0.3 is 0 Å². The standard InChI is InChI=1S/C12H15FO2/c1-9-8-14-7-6-12(9)15-11-4-2-10(13)3-5-11/h2-5,9,12H,6-8H2,1H3. The fraction of sp³-hybridized carbons (Fsp3) is 0.500. The van der Waals surface area contributed by atoms with Gasteiger partial charge in [0, 0.05) is 12.3 Å². The molecule has 2 unspecified atom stereocenters. The van der Waals surface area contributed by atoms with E-state index >= 15 is 0 Å². The van der Waals surface area contributed by atoms with Crippen molar-refractivity contribution in [1.82, 2.24) is 0 Å². The molecule has 0 aromatic heterocycles. The first-order chi connectivity index (χ1) is 7.25. The molecule has 2 rings (SSSR count). The smallest absolute Gasteiger partial charge is 0.123 e. The summed E-state index contributed by atoms with van der Waals surface area (Å²) in [6.07, 6.45) is 1.09. The van der Waals surface area contributed by atoms with Crippen LogP contribution in [-0.2, 0) is 4.74 Å². The van der Waals surface area contributed by atoms with Crippen molar-refractivity contribution in [2.45, 2.75) is 19.4 Å². The third-order valence-corrected chi connectivity index (χ3v) is 2.66. The maximum absolute atomic E-state index is 12.7. The van der Waals surface area contributed by atoms with E-state index in [2.05, 4.69) is 6.92 Å². The molecule has 1 fully saturated rings. The van der Waals surface area contributed by atoms with Gasteiger partial charge in [0.1, 0.15) is 17.7 Å². The molecule has 2 atom stereocenters. The Labute approximate surface area is 89.0 Å². The molecule has 1 aromatic carbocycles. The zero-order chi connectivity index (χ0) is 10.7. The third-order valence-electron chi connectivity index (χ3n) is 2.66. The highest BCUT2D eigenvalue weighted by Crippen LogP contribution is 2.21. The first kappa shape index (κ1) is 10.4. The lowest BCUT2D eigenvalue weighted by atomic mass is 10.0. The Hall–Kier alpha value is -1.09. The number of ether oxygens (including phenoxy) is 2. The molecule has 82 valence electrons. The van der Waals surface area contributed by atoms with Crippen LogP contribution in [0.15, 0.2) is 24.3 Å². The van der Waals surface area contributed by atoms with E-state index in [1.54, 1.807) is 12.1 Å². The van der Waals surface area contributed by atoms with E-state index < -0.39 is 0 Å². The molecule has 0 bridgehead atoms. The summed E-state index contributed by atoms with van der Waals surface area (Å²) in [6, 6.07) is 6.16. The molecule has 0 saturated carbocycles. The molecule has 1 aliphatic rings. The molecule has 1 aliphatic heterocycles. The van der Waals surface area contributed by atoms with Gasteiger partial charge in [-0.1, -0.05) is 6.92 Å². The fourth-order valence-corrected chi connectivity index (χ4v) is 1.72. The highest BCUT2D eigenvalue weighted by molar-refractivity contribution is 5.22. The van der Waals surface area contributed by atoms with Crippen LogP contribution in [0, 0.1) is 11.7 Å². The molecule has 2 nitrogen and oxygen atoms in total. The van der Waals surface area contributed by atoms with E-state index in [4.69, 9.17) is 9.47 Å². The number of halogens is 1. The van der Waals surface area contributed by atoms with E-state index in [0.29, 0.717) is 5.92 Å². The van der Waals surface area contributed by atoms with E-state index in [-0.39, 0.29) is 11.9 Å². The molecule has 0 amide bonds. The first-order valence-electron chi connectivity index (χ1n) is 5.25. The maximum atomic E-state index is 12.7. The van der Waals surface area contributed by atoms with Crippen LogP contribution in [0.2, 0.25) is 0 Å². The van der Waals surface area contributed by atoms with E-state index in [0.717, 1.165) is 25.4 Å². The van der Waals surface area contributed by atoms with Crippen LogP contribution in [0.3, 0.4) is 0 Å². The SMILES string of the molecule is CC1COCCC1Oc1ccc(F)cc1. The molecule has 3 heteroatoms. The summed E-state index contributed by atoms with van der Waals surface area (Å²) >= 11 is 0. The lowest BCUT2D eigenvalue weighted by Gasteiger charge is -2.29. The highest BCUT2D eigenvalue weighted by atomic mass is 19.1. The number of benzene rings is 1. The van der Waals surface area contributed by atoms with Crippen LogP contribution >= 0.6 is 0 Å². The molecule has 0 spiro atoms. The van der Waals surface area contributed by atoms with Crippen molar-refractivity contribution in [3.8, 4) is 5.75 Å². The van der Waals surface area contributed by atoms with Crippen LogP contribution in [0.1, 0.15) is 13.3 Å². The molecule has 0 radical (unpaired) electrons. The van der Waals surface area contributed by atoms with Gasteiger partial charge in [0.2, 0.25) is 0 Å². The summed E-state index contributed by atoms with van der Waals surface area (Å²) in [6.45, 7) is 3.59.